The summed E-state index contributed by atoms with van der Waals surface area (Å²) < 4.78 is 38.5. The van der Waals surface area contributed by atoms with Gasteiger partial charge in [0.2, 0.25) is 5.91 Å². The van der Waals surface area contributed by atoms with Crippen molar-refractivity contribution in [3.05, 3.63) is 54.6 Å². The Labute approximate surface area is 171 Å². The zero-order valence-electron chi connectivity index (χ0n) is 16.4. The van der Waals surface area contributed by atoms with Gasteiger partial charge in [0.05, 0.1) is 23.3 Å². The highest BCUT2D eigenvalue weighted by Crippen LogP contribution is 2.25. The first kappa shape index (κ1) is 21.1. The average Bonchev–Trinajstić information content (AvgIpc) is 3.26. The van der Waals surface area contributed by atoms with Gasteiger partial charge in [0.25, 0.3) is 10.0 Å². The second kappa shape index (κ2) is 9.76. The number of nitrogens with one attached hydrogen (secondary N) is 1. The molecule has 0 radical (unpaired) electrons. The third-order valence-corrected chi connectivity index (χ3v) is 6.39. The molecule has 156 valence electrons. The first-order valence-electron chi connectivity index (χ1n) is 9.69. The summed E-state index contributed by atoms with van der Waals surface area (Å²) in [5.41, 5.74) is 0.393. The molecule has 1 aliphatic heterocycles. The van der Waals surface area contributed by atoms with Crippen molar-refractivity contribution in [2.75, 3.05) is 30.6 Å². The lowest BCUT2D eigenvalue weighted by molar-refractivity contribution is -0.120. The largest absolute Gasteiger partial charge is 0.494 e. The number of carbonyl (C=O) groups is 1. The van der Waals surface area contributed by atoms with Crippen LogP contribution in [-0.2, 0) is 19.6 Å². The molecule has 1 saturated heterocycles. The fourth-order valence-corrected chi connectivity index (χ4v) is 4.57. The number of hydrogen-bond acceptors (Lipinski definition) is 5. The number of sulfonamides is 1. The van der Waals surface area contributed by atoms with Gasteiger partial charge in [-0.25, -0.2) is 8.42 Å². The minimum Gasteiger partial charge on any atom is -0.494 e. The monoisotopic (exact) mass is 418 g/mol. The highest BCUT2D eigenvalue weighted by atomic mass is 32.2. The first-order chi connectivity index (χ1) is 14.0. The Bertz CT molecular complexity index is 894. The molecule has 7 nitrogen and oxygen atoms in total. The number of rotatable bonds is 9. The Morgan fingerprint density at radius 2 is 1.90 bits per heavy atom. The Morgan fingerprint density at radius 3 is 2.52 bits per heavy atom. The highest BCUT2D eigenvalue weighted by molar-refractivity contribution is 7.92. The molecule has 1 amide bonds. The van der Waals surface area contributed by atoms with Gasteiger partial charge in [-0.2, -0.15) is 0 Å². The second-order valence-corrected chi connectivity index (χ2v) is 8.55. The number of anilines is 1. The minimum atomic E-state index is -3.91. The second-order valence-electron chi connectivity index (χ2n) is 6.69. The Balaban J connectivity index is 1.81. The van der Waals surface area contributed by atoms with Crippen LogP contribution in [0.4, 0.5) is 5.69 Å². The summed E-state index contributed by atoms with van der Waals surface area (Å²) >= 11 is 0. The molecular weight excluding hydrogens is 392 g/mol. The fraction of sp³-hybridized carbons (Fsp3) is 0.381. The summed E-state index contributed by atoms with van der Waals surface area (Å²) in [6, 6.07) is 14.7. The lowest BCUT2D eigenvalue weighted by Crippen LogP contribution is -2.42. The summed E-state index contributed by atoms with van der Waals surface area (Å²) in [7, 11) is -3.91. The van der Waals surface area contributed by atoms with Crippen molar-refractivity contribution in [2.45, 2.75) is 30.8 Å². The third-order valence-electron chi connectivity index (χ3n) is 4.61. The van der Waals surface area contributed by atoms with E-state index in [9.17, 15) is 13.2 Å². The van der Waals surface area contributed by atoms with Crippen LogP contribution in [0.1, 0.15) is 19.8 Å². The Kier molecular flexibility index (Phi) is 7.11. The van der Waals surface area contributed by atoms with E-state index in [1.807, 2.05) is 6.92 Å². The molecule has 1 atom stereocenters. The van der Waals surface area contributed by atoms with Crippen LogP contribution in [0.2, 0.25) is 0 Å². The smallest absolute Gasteiger partial charge is 0.264 e. The number of ether oxygens (including phenoxy) is 2. The average molecular weight is 419 g/mol. The van der Waals surface area contributed by atoms with Gasteiger partial charge in [-0.1, -0.05) is 18.2 Å². The topological polar surface area (TPSA) is 84.9 Å². The molecule has 0 aliphatic carbocycles. The molecule has 2 aromatic rings. The van der Waals surface area contributed by atoms with Crippen LogP contribution in [0.3, 0.4) is 0 Å². The van der Waals surface area contributed by atoms with Gasteiger partial charge in [0.15, 0.2) is 0 Å². The van der Waals surface area contributed by atoms with Gasteiger partial charge in [-0.3, -0.25) is 9.10 Å². The van der Waals surface area contributed by atoms with E-state index in [4.69, 9.17) is 9.47 Å². The normalized spacial score (nSPS) is 16.4. The number of nitrogens with zero attached hydrogens (tertiary/aromatic N) is 1. The van der Waals surface area contributed by atoms with Gasteiger partial charge in [-0.15, -0.1) is 0 Å². The minimum absolute atomic E-state index is 0.0105. The van der Waals surface area contributed by atoms with Gasteiger partial charge in [0.1, 0.15) is 12.3 Å². The number of benzene rings is 2. The van der Waals surface area contributed by atoms with E-state index in [-0.39, 0.29) is 23.5 Å². The van der Waals surface area contributed by atoms with Gasteiger partial charge in [0, 0.05) is 13.2 Å². The summed E-state index contributed by atoms with van der Waals surface area (Å²) in [6.45, 7) is 3.13. The van der Waals surface area contributed by atoms with E-state index < -0.39 is 10.0 Å². The number of carbonyl (C=O) groups excluding carboxylic acids is 1. The third kappa shape index (κ3) is 5.48. The van der Waals surface area contributed by atoms with Crippen LogP contribution >= 0.6 is 0 Å². The summed E-state index contributed by atoms with van der Waals surface area (Å²) in [5, 5.41) is 2.79. The van der Waals surface area contributed by atoms with Gasteiger partial charge in [-0.05, 0) is 56.2 Å². The molecule has 1 fully saturated rings. The lowest BCUT2D eigenvalue weighted by Gasteiger charge is -2.24. The molecule has 0 aromatic heterocycles. The van der Waals surface area contributed by atoms with Crippen LogP contribution in [0.25, 0.3) is 0 Å². The van der Waals surface area contributed by atoms with Gasteiger partial charge < -0.3 is 14.8 Å². The SMILES string of the molecule is CCOc1ccc(N(CC(=O)NC[C@H]2CCCO2)S(=O)(=O)c2ccccc2)cc1. The molecule has 1 heterocycles. The molecular formula is C21H26N2O5S. The fourth-order valence-electron chi connectivity index (χ4n) is 3.13. The van der Waals surface area contributed by atoms with Crippen LogP contribution in [0.5, 0.6) is 5.75 Å². The van der Waals surface area contributed by atoms with E-state index in [0.717, 1.165) is 17.1 Å². The van der Waals surface area contributed by atoms with Crippen molar-refractivity contribution < 1.29 is 22.7 Å². The summed E-state index contributed by atoms with van der Waals surface area (Å²) in [6.07, 6.45) is 1.86. The first-order valence-corrected chi connectivity index (χ1v) is 11.1. The number of hydrogen-bond donors (Lipinski definition) is 1. The maximum Gasteiger partial charge on any atom is 0.264 e. The number of amides is 1. The molecule has 3 rings (SSSR count). The maximum absolute atomic E-state index is 13.2. The predicted octanol–water partition coefficient (Wildman–Crippen LogP) is 2.58. The molecule has 2 aromatic carbocycles. The van der Waals surface area contributed by atoms with E-state index in [0.29, 0.717) is 31.2 Å². The van der Waals surface area contributed by atoms with Crippen LogP contribution in [0, 0.1) is 0 Å². The molecule has 1 aliphatic rings. The van der Waals surface area contributed by atoms with Gasteiger partial charge >= 0.3 is 0 Å². The van der Waals surface area contributed by atoms with Crippen molar-refractivity contribution in [3.63, 3.8) is 0 Å². The maximum atomic E-state index is 13.2. The van der Waals surface area contributed by atoms with Crippen molar-refractivity contribution >= 4 is 21.6 Å². The predicted molar refractivity (Wildman–Crippen MR) is 111 cm³/mol. The summed E-state index contributed by atoms with van der Waals surface area (Å²) in [4.78, 5) is 12.7. The quantitative estimate of drug-likeness (QED) is 0.677. The highest BCUT2D eigenvalue weighted by Gasteiger charge is 2.27. The molecule has 0 unspecified atom stereocenters. The molecule has 29 heavy (non-hydrogen) atoms. The molecule has 0 spiro atoms. The van der Waals surface area contributed by atoms with Crippen molar-refractivity contribution in [2.24, 2.45) is 0 Å². The molecule has 8 heteroatoms. The lowest BCUT2D eigenvalue weighted by atomic mass is 10.2. The molecule has 1 N–H and O–H groups in total. The van der Waals surface area contributed by atoms with Crippen LogP contribution in [-0.4, -0.2) is 46.7 Å². The molecule has 0 saturated carbocycles. The van der Waals surface area contributed by atoms with Crippen molar-refractivity contribution in [1.82, 2.24) is 5.32 Å². The van der Waals surface area contributed by atoms with Crippen molar-refractivity contribution in [3.8, 4) is 5.75 Å². The molecule has 0 bridgehead atoms. The van der Waals surface area contributed by atoms with Crippen LogP contribution < -0.4 is 14.4 Å². The zero-order chi connectivity index (χ0) is 20.7. The standard InChI is InChI=1S/C21H26N2O5S/c1-2-27-18-12-10-17(11-13-18)23(29(25,26)20-8-4-3-5-9-20)16-21(24)22-15-19-7-6-14-28-19/h3-5,8-13,19H,2,6-7,14-16H2,1H3,(H,22,24)/t19-/m1/s1. The van der Waals surface area contributed by atoms with E-state index in [2.05, 4.69) is 5.32 Å². The van der Waals surface area contributed by atoms with E-state index >= 15 is 0 Å². The zero-order valence-corrected chi connectivity index (χ0v) is 17.2. The van der Waals surface area contributed by atoms with E-state index in [1.54, 1.807) is 42.5 Å². The Morgan fingerprint density at radius 1 is 1.17 bits per heavy atom. The Hall–Kier alpha value is -2.58. The van der Waals surface area contributed by atoms with Crippen LogP contribution in [0.15, 0.2) is 59.5 Å². The summed E-state index contributed by atoms with van der Waals surface area (Å²) in [5.74, 6) is 0.255. The van der Waals surface area contributed by atoms with Crippen molar-refractivity contribution in [1.29, 1.82) is 0 Å². The van der Waals surface area contributed by atoms with E-state index in [1.165, 1.54) is 12.1 Å².